The Bertz CT molecular complexity index is 1030. The van der Waals surface area contributed by atoms with Crippen LogP contribution in [0.25, 0.3) is 0 Å². The number of nitrogens with zero attached hydrogens (tertiary/aromatic N) is 2. The summed E-state index contributed by atoms with van der Waals surface area (Å²) < 4.78 is 30.5. The number of alkyl halides is 2. The summed E-state index contributed by atoms with van der Waals surface area (Å²) in [7, 11) is 0. The highest BCUT2D eigenvalue weighted by atomic mass is 19.1. The number of hydrogen-bond acceptors (Lipinski definition) is 8. The third kappa shape index (κ3) is 7.92. The molecule has 5 aliphatic rings. The number of nitrogens with two attached hydrogens (primary N) is 1. The van der Waals surface area contributed by atoms with E-state index < -0.39 is 42.6 Å². The van der Waals surface area contributed by atoms with Crippen LogP contribution in [0.5, 0.6) is 0 Å². The second-order valence-electron chi connectivity index (χ2n) is 14.1. The Kier molecular flexibility index (Phi) is 11.2. The number of hydrogen-bond donors (Lipinski definition) is 6. The molecule has 250 valence electrons. The van der Waals surface area contributed by atoms with Gasteiger partial charge in [0.1, 0.15) is 12.3 Å². The number of piperazine rings is 1. The van der Waals surface area contributed by atoms with Gasteiger partial charge < -0.3 is 37.2 Å². The van der Waals surface area contributed by atoms with E-state index in [2.05, 4.69) is 38.4 Å². The number of carbonyl (C=O) groups is 2. The maximum atomic E-state index is 15.6. The zero-order valence-electron chi connectivity index (χ0n) is 27.0. The summed E-state index contributed by atoms with van der Waals surface area (Å²) in [6.45, 7) is 10.3. The highest BCUT2D eigenvalue weighted by Crippen LogP contribution is 2.38. The Labute approximate surface area is 262 Å². The molecule has 4 heterocycles. The fraction of sp³-hybridized carbons (Fsp3) is 0.875. The predicted octanol–water partition coefficient (Wildman–Crippen LogP) is 1.13. The van der Waals surface area contributed by atoms with E-state index in [4.69, 9.17) is 5.73 Å². The molecule has 7 N–H and O–H groups in total. The van der Waals surface area contributed by atoms with E-state index in [0.717, 1.165) is 63.0 Å². The van der Waals surface area contributed by atoms with Crippen molar-refractivity contribution >= 4 is 11.8 Å². The van der Waals surface area contributed by atoms with Gasteiger partial charge in [-0.25, -0.2) is 8.78 Å². The van der Waals surface area contributed by atoms with Gasteiger partial charge in [0.25, 0.3) is 0 Å². The van der Waals surface area contributed by atoms with Crippen LogP contribution >= 0.6 is 0 Å². The molecule has 10 nitrogen and oxygen atoms in total. The van der Waals surface area contributed by atoms with E-state index >= 15 is 4.39 Å². The standard InChI is InChI=1S/C32H56F2N8O2/c1-4-5-6-23-15-24(33)16-37-21(3)27(29(35)39-20(23)2)30(43)40-26-18-36-17-25(34)28(26)41-12-7-22(8-13-41)31(44)42-14-11-38-32(19-42)9-10-32/h21-22,24-29,36-39H,4-19,35H2,1-3H3,(H,40,43)/b23-20-. The SMILES string of the molecule is CCCC/C1=C(\C)NC(N)C(C(=O)NC2CNCC(F)C2N2CCC(C(=O)N3CCNC4(CC4)C3)CC2)C(C)NCC(F)C1. The van der Waals surface area contributed by atoms with Crippen LogP contribution in [-0.2, 0) is 9.59 Å². The lowest BCUT2D eigenvalue weighted by Gasteiger charge is -2.46. The maximum Gasteiger partial charge on any atom is 0.228 e. The van der Waals surface area contributed by atoms with Crippen LogP contribution in [0, 0.1) is 11.8 Å². The van der Waals surface area contributed by atoms with E-state index in [1.807, 2.05) is 18.7 Å². The topological polar surface area (TPSA) is 127 Å². The molecule has 0 bridgehead atoms. The molecule has 12 heteroatoms. The van der Waals surface area contributed by atoms with Gasteiger partial charge in [0.05, 0.1) is 24.2 Å². The van der Waals surface area contributed by atoms with Crippen molar-refractivity contribution < 1.29 is 18.4 Å². The Morgan fingerprint density at radius 1 is 1.11 bits per heavy atom. The third-order valence-corrected chi connectivity index (χ3v) is 10.8. The Hall–Kier alpha value is -1.86. The van der Waals surface area contributed by atoms with Gasteiger partial charge in [-0.2, -0.15) is 0 Å². The lowest BCUT2D eigenvalue weighted by atomic mass is 9.89. The zero-order valence-corrected chi connectivity index (χ0v) is 27.0. The van der Waals surface area contributed by atoms with Crippen molar-refractivity contribution in [2.75, 3.05) is 52.4 Å². The van der Waals surface area contributed by atoms with Crippen LogP contribution in [0.1, 0.15) is 72.1 Å². The summed E-state index contributed by atoms with van der Waals surface area (Å²) in [4.78, 5) is 31.4. The number of unbranched alkanes of at least 4 members (excludes halogenated alkanes) is 1. The van der Waals surface area contributed by atoms with E-state index in [-0.39, 0.29) is 36.4 Å². The number of allylic oxidation sites excluding steroid dienone is 2. The number of carbonyl (C=O) groups excluding carboxylic acids is 2. The minimum atomic E-state index is -1.16. The van der Waals surface area contributed by atoms with Gasteiger partial charge >= 0.3 is 0 Å². The molecule has 4 aliphatic heterocycles. The van der Waals surface area contributed by atoms with E-state index in [0.29, 0.717) is 38.9 Å². The minimum absolute atomic E-state index is 0.0373. The monoisotopic (exact) mass is 622 g/mol. The molecule has 44 heavy (non-hydrogen) atoms. The normalized spacial score (nSPS) is 37.3. The highest BCUT2D eigenvalue weighted by Gasteiger charge is 2.48. The summed E-state index contributed by atoms with van der Waals surface area (Å²) in [5.74, 6) is -0.765. The number of nitrogens with one attached hydrogen (secondary N) is 5. The van der Waals surface area contributed by atoms with Gasteiger partial charge in [-0.1, -0.05) is 13.3 Å². The summed E-state index contributed by atoms with van der Waals surface area (Å²) in [5, 5.41) is 16.4. The first-order chi connectivity index (χ1) is 21.1. The Morgan fingerprint density at radius 3 is 2.57 bits per heavy atom. The molecular formula is C32H56F2N8O2. The van der Waals surface area contributed by atoms with E-state index in [1.54, 1.807) is 0 Å². The zero-order chi connectivity index (χ0) is 31.4. The van der Waals surface area contributed by atoms with Crippen LogP contribution in [0.2, 0.25) is 0 Å². The molecule has 0 aromatic heterocycles. The van der Waals surface area contributed by atoms with Crippen LogP contribution in [0.4, 0.5) is 8.78 Å². The lowest BCUT2D eigenvalue weighted by Crippen LogP contribution is -2.68. The molecular weight excluding hydrogens is 566 g/mol. The molecule has 7 atom stereocenters. The molecule has 4 fully saturated rings. The Morgan fingerprint density at radius 2 is 1.86 bits per heavy atom. The van der Waals surface area contributed by atoms with E-state index in [1.165, 1.54) is 0 Å². The quantitative estimate of drug-likeness (QED) is 0.250. The second-order valence-corrected chi connectivity index (χ2v) is 14.1. The van der Waals surface area contributed by atoms with Crippen molar-refractivity contribution in [3.05, 3.63) is 11.3 Å². The third-order valence-electron chi connectivity index (χ3n) is 10.8. The van der Waals surface area contributed by atoms with Crippen molar-refractivity contribution in [2.45, 2.75) is 114 Å². The summed E-state index contributed by atoms with van der Waals surface area (Å²) in [6.07, 6.45) is 3.87. The fourth-order valence-electron chi connectivity index (χ4n) is 7.86. The first kappa shape index (κ1) is 33.5. The van der Waals surface area contributed by atoms with Gasteiger partial charge in [-0.3, -0.25) is 14.5 Å². The van der Waals surface area contributed by atoms with Crippen LogP contribution in [0.15, 0.2) is 11.3 Å². The van der Waals surface area contributed by atoms with Gasteiger partial charge in [0, 0.05) is 68.9 Å². The molecule has 3 saturated heterocycles. The molecule has 1 aliphatic carbocycles. The molecule has 1 saturated carbocycles. The first-order valence-electron chi connectivity index (χ1n) is 17.1. The lowest BCUT2D eigenvalue weighted by molar-refractivity contribution is -0.139. The first-order valence-corrected chi connectivity index (χ1v) is 17.1. The molecule has 2 amide bonds. The number of piperidine rings is 2. The van der Waals surface area contributed by atoms with Gasteiger partial charge in [0.2, 0.25) is 11.8 Å². The summed E-state index contributed by atoms with van der Waals surface area (Å²) in [5.41, 5.74) is 8.63. The maximum absolute atomic E-state index is 15.6. The van der Waals surface area contributed by atoms with Crippen molar-refractivity contribution in [1.29, 1.82) is 0 Å². The van der Waals surface area contributed by atoms with Crippen molar-refractivity contribution in [2.24, 2.45) is 17.6 Å². The molecule has 7 unspecified atom stereocenters. The van der Waals surface area contributed by atoms with Crippen molar-refractivity contribution in [3.63, 3.8) is 0 Å². The molecule has 5 rings (SSSR count). The molecule has 0 radical (unpaired) electrons. The smallest absolute Gasteiger partial charge is 0.228 e. The average molecular weight is 623 g/mol. The summed E-state index contributed by atoms with van der Waals surface area (Å²) >= 11 is 0. The van der Waals surface area contributed by atoms with Crippen LogP contribution in [0.3, 0.4) is 0 Å². The van der Waals surface area contributed by atoms with Crippen molar-refractivity contribution in [1.82, 2.24) is 36.4 Å². The van der Waals surface area contributed by atoms with E-state index in [9.17, 15) is 14.0 Å². The number of likely N-dealkylation sites (tertiary alicyclic amines) is 1. The highest BCUT2D eigenvalue weighted by molar-refractivity contribution is 5.81. The largest absolute Gasteiger partial charge is 0.373 e. The molecule has 0 aromatic carbocycles. The predicted molar refractivity (Wildman–Crippen MR) is 168 cm³/mol. The fourth-order valence-corrected chi connectivity index (χ4v) is 7.86. The van der Waals surface area contributed by atoms with Gasteiger partial charge in [-0.05, 0) is 71.0 Å². The second kappa shape index (κ2) is 14.7. The molecule has 0 aromatic rings. The van der Waals surface area contributed by atoms with Gasteiger partial charge in [0.15, 0.2) is 0 Å². The number of halogens is 2. The van der Waals surface area contributed by atoms with Crippen LogP contribution < -0.4 is 32.3 Å². The van der Waals surface area contributed by atoms with Gasteiger partial charge in [-0.15, -0.1) is 0 Å². The summed E-state index contributed by atoms with van der Waals surface area (Å²) in [6, 6.07) is -1.34. The van der Waals surface area contributed by atoms with Crippen molar-refractivity contribution in [3.8, 4) is 0 Å². The Balaban J connectivity index is 1.22. The minimum Gasteiger partial charge on any atom is -0.373 e. The number of rotatable bonds is 7. The van der Waals surface area contributed by atoms with Crippen LogP contribution in [-0.4, -0.2) is 116 Å². The average Bonchev–Trinajstić information content (AvgIpc) is 3.75. The molecule has 1 spiro atoms. The number of amides is 2.